The molecule has 0 aliphatic carbocycles. The van der Waals surface area contributed by atoms with Crippen LogP contribution in [-0.4, -0.2) is 11.8 Å². The number of hydrogen-bond donors (Lipinski definition) is 2. The molecule has 2 N–H and O–H groups in total. The van der Waals surface area contributed by atoms with Crippen molar-refractivity contribution in [2.75, 3.05) is 5.32 Å². The van der Waals surface area contributed by atoms with Crippen LogP contribution in [0.2, 0.25) is 0 Å². The van der Waals surface area contributed by atoms with Gasteiger partial charge in [-0.05, 0) is 67.1 Å². The Morgan fingerprint density at radius 1 is 0.793 bits per heavy atom. The average molecular weight is 514 g/mol. The van der Waals surface area contributed by atoms with Crippen molar-refractivity contribution in [3.8, 4) is 0 Å². The summed E-state index contributed by atoms with van der Waals surface area (Å²) in [5, 5.41) is 5.55. The molecule has 0 aromatic heterocycles. The molecule has 0 aliphatic heterocycles. The van der Waals surface area contributed by atoms with Gasteiger partial charge in [-0.3, -0.25) is 9.59 Å². The molecule has 0 fully saturated rings. The molecule has 0 spiro atoms. The summed E-state index contributed by atoms with van der Waals surface area (Å²) in [4.78, 5) is 25.5. The number of anilines is 1. The highest BCUT2D eigenvalue weighted by molar-refractivity contribution is 9.10. The van der Waals surface area contributed by atoms with Crippen molar-refractivity contribution in [2.45, 2.75) is 6.92 Å². The largest absolute Gasteiger partial charge is 0.321 e. The molecule has 6 heteroatoms. The molecule has 3 rings (SSSR count). The van der Waals surface area contributed by atoms with Gasteiger partial charge in [0.1, 0.15) is 5.70 Å². The Bertz CT molecular complexity index is 1040. The average Bonchev–Trinajstić information content (AvgIpc) is 2.71. The fourth-order valence-corrected chi connectivity index (χ4v) is 3.04. The van der Waals surface area contributed by atoms with Crippen molar-refractivity contribution in [3.05, 3.63) is 104 Å². The minimum absolute atomic E-state index is 0.154. The molecule has 3 aromatic carbocycles. The van der Waals surface area contributed by atoms with Crippen LogP contribution in [0.25, 0.3) is 6.08 Å². The monoisotopic (exact) mass is 512 g/mol. The first-order chi connectivity index (χ1) is 13.9. The topological polar surface area (TPSA) is 58.2 Å². The normalized spacial score (nSPS) is 11.1. The Morgan fingerprint density at radius 2 is 1.34 bits per heavy atom. The van der Waals surface area contributed by atoms with Crippen molar-refractivity contribution in [2.24, 2.45) is 0 Å². The van der Waals surface area contributed by atoms with E-state index in [1.165, 1.54) is 0 Å². The van der Waals surface area contributed by atoms with Crippen LogP contribution < -0.4 is 10.6 Å². The zero-order valence-electron chi connectivity index (χ0n) is 15.6. The van der Waals surface area contributed by atoms with Gasteiger partial charge in [0.25, 0.3) is 11.8 Å². The van der Waals surface area contributed by atoms with E-state index >= 15 is 0 Å². The third-order valence-electron chi connectivity index (χ3n) is 4.09. The van der Waals surface area contributed by atoms with Crippen LogP contribution in [0, 0.1) is 6.92 Å². The first-order valence-electron chi connectivity index (χ1n) is 8.83. The maximum atomic E-state index is 12.9. The van der Waals surface area contributed by atoms with Crippen LogP contribution in [0.15, 0.2) is 87.4 Å². The van der Waals surface area contributed by atoms with E-state index in [4.69, 9.17) is 0 Å². The fourth-order valence-electron chi connectivity index (χ4n) is 2.52. The lowest BCUT2D eigenvalue weighted by Crippen LogP contribution is -2.30. The van der Waals surface area contributed by atoms with Gasteiger partial charge in [0.15, 0.2) is 0 Å². The van der Waals surface area contributed by atoms with Crippen molar-refractivity contribution >= 4 is 55.4 Å². The summed E-state index contributed by atoms with van der Waals surface area (Å²) in [6.45, 7) is 1.95. The Morgan fingerprint density at radius 3 is 1.93 bits per heavy atom. The number of hydrogen-bond acceptors (Lipinski definition) is 2. The van der Waals surface area contributed by atoms with Gasteiger partial charge >= 0.3 is 0 Å². The molecular formula is C23H18Br2N2O2. The maximum Gasteiger partial charge on any atom is 0.272 e. The van der Waals surface area contributed by atoms with Gasteiger partial charge in [0.2, 0.25) is 0 Å². The molecule has 0 heterocycles. The quantitative estimate of drug-likeness (QED) is 0.415. The minimum atomic E-state index is -0.407. The Balaban J connectivity index is 1.86. The van der Waals surface area contributed by atoms with E-state index in [0.29, 0.717) is 11.3 Å². The highest BCUT2D eigenvalue weighted by atomic mass is 79.9. The number of benzene rings is 3. The molecule has 0 atom stereocenters. The van der Waals surface area contributed by atoms with Gasteiger partial charge in [-0.1, -0.05) is 61.7 Å². The second-order valence-corrected chi connectivity index (χ2v) is 8.22. The minimum Gasteiger partial charge on any atom is -0.321 e. The fraction of sp³-hybridized carbons (Fsp3) is 0.0435. The molecule has 146 valence electrons. The van der Waals surface area contributed by atoms with E-state index in [1.54, 1.807) is 30.3 Å². The van der Waals surface area contributed by atoms with E-state index in [0.717, 1.165) is 20.1 Å². The third kappa shape index (κ3) is 6.14. The lowest BCUT2D eigenvalue weighted by molar-refractivity contribution is -0.113. The Kier molecular flexibility index (Phi) is 7.01. The van der Waals surface area contributed by atoms with E-state index in [9.17, 15) is 9.59 Å². The van der Waals surface area contributed by atoms with Crippen LogP contribution in [0.1, 0.15) is 21.5 Å². The summed E-state index contributed by atoms with van der Waals surface area (Å²) in [6, 6.07) is 21.9. The van der Waals surface area contributed by atoms with Gasteiger partial charge in [-0.25, -0.2) is 0 Å². The predicted octanol–water partition coefficient (Wildman–Crippen LogP) is 5.93. The standard InChI is InChI=1S/C23H18Br2N2O2/c1-15-2-6-17(7-3-15)22(28)27-21(14-16-4-8-18(24)9-5-16)23(29)26-20-12-10-19(25)11-13-20/h2-14H,1H3,(H,26,29)(H,27,28). The summed E-state index contributed by atoms with van der Waals surface area (Å²) in [5.41, 5.74) is 3.11. The molecule has 3 aromatic rings. The first kappa shape index (κ1) is 21.0. The van der Waals surface area contributed by atoms with Gasteiger partial charge in [-0.15, -0.1) is 0 Å². The van der Waals surface area contributed by atoms with Gasteiger partial charge < -0.3 is 10.6 Å². The van der Waals surface area contributed by atoms with Crippen molar-refractivity contribution in [3.63, 3.8) is 0 Å². The van der Waals surface area contributed by atoms with E-state index in [1.807, 2.05) is 55.5 Å². The molecule has 2 amide bonds. The number of carbonyl (C=O) groups excluding carboxylic acids is 2. The van der Waals surface area contributed by atoms with Crippen LogP contribution in [0.5, 0.6) is 0 Å². The molecule has 0 radical (unpaired) electrons. The van der Waals surface area contributed by atoms with E-state index in [-0.39, 0.29) is 11.6 Å². The third-order valence-corrected chi connectivity index (χ3v) is 5.15. The molecular weight excluding hydrogens is 496 g/mol. The number of amides is 2. The van der Waals surface area contributed by atoms with Crippen LogP contribution in [-0.2, 0) is 4.79 Å². The number of aryl methyl sites for hydroxylation is 1. The summed E-state index contributed by atoms with van der Waals surface area (Å²) < 4.78 is 1.84. The second-order valence-electron chi connectivity index (χ2n) is 6.39. The smallest absolute Gasteiger partial charge is 0.272 e. The highest BCUT2D eigenvalue weighted by Gasteiger charge is 2.15. The summed E-state index contributed by atoms with van der Waals surface area (Å²) in [7, 11) is 0. The number of carbonyl (C=O) groups is 2. The number of rotatable bonds is 5. The lowest BCUT2D eigenvalue weighted by atomic mass is 10.1. The molecule has 0 saturated heterocycles. The highest BCUT2D eigenvalue weighted by Crippen LogP contribution is 2.17. The molecule has 29 heavy (non-hydrogen) atoms. The van der Waals surface area contributed by atoms with Gasteiger partial charge in [0.05, 0.1) is 0 Å². The van der Waals surface area contributed by atoms with Crippen LogP contribution in [0.4, 0.5) is 5.69 Å². The summed E-state index contributed by atoms with van der Waals surface area (Å²) in [5.74, 6) is -0.755. The van der Waals surface area contributed by atoms with E-state index in [2.05, 4.69) is 42.5 Å². The molecule has 0 bridgehead atoms. The zero-order chi connectivity index (χ0) is 20.8. The zero-order valence-corrected chi connectivity index (χ0v) is 18.7. The summed E-state index contributed by atoms with van der Waals surface area (Å²) >= 11 is 6.76. The van der Waals surface area contributed by atoms with Crippen molar-refractivity contribution < 1.29 is 9.59 Å². The molecule has 0 saturated carbocycles. The molecule has 0 aliphatic rings. The van der Waals surface area contributed by atoms with E-state index < -0.39 is 5.91 Å². The number of halogens is 2. The van der Waals surface area contributed by atoms with Gasteiger partial charge in [-0.2, -0.15) is 0 Å². The summed E-state index contributed by atoms with van der Waals surface area (Å²) in [6.07, 6.45) is 1.65. The predicted molar refractivity (Wildman–Crippen MR) is 124 cm³/mol. The molecule has 4 nitrogen and oxygen atoms in total. The first-order valence-corrected chi connectivity index (χ1v) is 10.4. The van der Waals surface area contributed by atoms with Crippen LogP contribution >= 0.6 is 31.9 Å². The van der Waals surface area contributed by atoms with Crippen molar-refractivity contribution in [1.29, 1.82) is 0 Å². The van der Waals surface area contributed by atoms with Crippen LogP contribution in [0.3, 0.4) is 0 Å². The lowest BCUT2D eigenvalue weighted by Gasteiger charge is -2.12. The molecule has 0 unspecified atom stereocenters. The SMILES string of the molecule is Cc1ccc(C(=O)NC(=Cc2ccc(Br)cc2)C(=O)Nc2ccc(Br)cc2)cc1. The number of nitrogens with one attached hydrogen (secondary N) is 2. The Labute approximate surface area is 186 Å². The van der Waals surface area contributed by atoms with Gasteiger partial charge in [0, 0.05) is 20.2 Å². The second kappa shape index (κ2) is 9.67. The van der Waals surface area contributed by atoms with Crippen molar-refractivity contribution in [1.82, 2.24) is 5.32 Å². The maximum absolute atomic E-state index is 12.9. The Hall–Kier alpha value is -2.70.